The number of fused-ring (bicyclic) bond motifs is 1. The van der Waals surface area contributed by atoms with Gasteiger partial charge in [0.1, 0.15) is 12.6 Å². The Labute approximate surface area is 162 Å². The molecule has 27 heavy (non-hydrogen) atoms. The van der Waals surface area contributed by atoms with E-state index in [1.54, 1.807) is 19.1 Å². The number of carbonyl (C=O) groups is 3. The predicted octanol–water partition coefficient (Wildman–Crippen LogP) is -0.113. The van der Waals surface area contributed by atoms with Gasteiger partial charge in [-0.1, -0.05) is 12.1 Å². The van der Waals surface area contributed by atoms with Gasteiger partial charge < -0.3 is 15.1 Å². The molecule has 1 fully saturated rings. The van der Waals surface area contributed by atoms with Gasteiger partial charge >= 0.3 is 0 Å². The van der Waals surface area contributed by atoms with Crippen LogP contribution in [0, 0.1) is 0 Å². The van der Waals surface area contributed by atoms with E-state index < -0.39 is 21.8 Å². The third-order valence-corrected chi connectivity index (χ3v) is 7.17. The third kappa shape index (κ3) is 4.62. The maximum atomic E-state index is 12.4. The molecule has 0 spiro atoms. The molecule has 2 aliphatic rings. The number of nitrogens with one attached hydrogen (secondary N) is 1. The highest BCUT2D eigenvalue weighted by Crippen LogP contribution is 2.34. The molecule has 0 aromatic heterocycles. The lowest BCUT2D eigenvalue weighted by Gasteiger charge is -2.31. The SMILES string of the molecule is CC(NC(=O)CN1C(=O)CSc2ccccc21)C(=O)N1CCS(=O)(=O)CC1. The number of carbonyl (C=O) groups excluding carboxylic acids is 3. The van der Waals surface area contributed by atoms with Crippen LogP contribution < -0.4 is 10.2 Å². The van der Waals surface area contributed by atoms with Crippen molar-refractivity contribution in [2.45, 2.75) is 17.9 Å². The van der Waals surface area contributed by atoms with Crippen LogP contribution in [0.3, 0.4) is 0 Å². The molecule has 0 saturated carbocycles. The normalized spacial score (nSPS) is 20.0. The Morgan fingerprint density at radius 2 is 1.89 bits per heavy atom. The summed E-state index contributed by atoms with van der Waals surface area (Å²) in [6.45, 7) is 1.67. The van der Waals surface area contributed by atoms with Gasteiger partial charge in [-0.25, -0.2) is 8.42 Å². The molecule has 8 nitrogen and oxygen atoms in total. The minimum atomic E-state index is -3.08. The van der Waals surface area contributed by atoms with Crippen molar-refractivity contribution in [2.75, 3.05) is 41.8 Å². The molecule has 10 heteroatoms. The molecule has 2 aliphatic heterocycles. The summed E-state index contributed by atoms with van der Waals surface area (Å²) < 4.78 is 22.9. The Bertz CT molecular complexity index is 857. The quantitative estimate of drug-likeness (QED) is 0.741. The number of amides is 3. The Morgan fingerprint density at radius 1 is 1.22 bits per heavy atom. The van der Waals surface area contributed by atoms with Crippen molar-refractivity contribution in [1.29, 1.82) is 0 Å². The largest absolute Gasteiger partial charge is 0.343 e. The van der Waals surface area contributed by atoms with E-state index in [0.717, 1.165) is 4.90 Å². The van der Waals surface area contributed by atoms with Gasteiger partial charge in [0.2, 0.25) is 17.7 Å². The first-order valence-electron chi connectivity index (χ1n) is 8.57. The van der Waals surface area contributed by atoms with Crippen molar-refractivity contribution < 1.29 is 22.8 Å². The number of sulfone groups is 1. The molecule has 1 aromatic carbocycles. The lowest BCUT2D eigenvalue weighted by Crippen LogP contribution is -2.53. The fourth-order valence-electron chi connectivity index (χ4n) is 3.03. The molecular weight excluding hydrogens is 390 g/mol. The summed E-state index contributed by atoms with van der Waals surface area (Å²) in [6, 6.07) is 6.57. The van der Waals surface area contributed by atoms with E-state index in [9.17, 15) is 22.8 Å². The van der Waals surface area contributed by atoms with E-state index >= 15 is 0 Å². The summed E-state index contributed by atoms with van der Waals surface area (Å²) in [5.41, 5.74) is 0.689. The van der Waals surface area contributed by atoms with Crippen molar-refractivity contribution in [3.63, 3.8) is 0 Å². The molecule has 2 heterocycles. The van der Waals surface area contributed by atoms with Gasteiger partial charge in [-0.05, 0) is 19.1 Å². The molecular formula is C17H21N3O5S2. The second kappa shape index (κ2) is 7.89. The molecule has 1 aromatic rings. The van der Waals surface area contributed by atoms with Gasteiger partial charge in [-0.2, -0.15) is 0 Å². The van der Waals surface area contributed by atoms with E-state index in [0.29, 0.717) is 5.69 Å². The molecule has 0 bridgehead atoms. The summed E-state index contributed by atoms with van der Waals surface area (Å²) in [5, 5.41) is 2.62. The van der Waals surface area contributed by atoms with Gasteiger partial charge in [0.05, 0.1) is 22.9 Å². The Morgan fingerprint density at radius 3 is 2.59 bits per heavy atom. The minimum Gasteiger partial charge on any atom is -0.343 e. The van der Waals surface area contributed by atoms with Gasteiger partial charge in [0, 0.05) is 18.0 Å². The monoisotopic (exact) mass is 411 g/mol. The Hall–Kier alpha value is -2.07. The highest BCUT2D eigenvalue weighted by atomic mass is 32.2. The van der Waals surface area contributed by atoms with Crippen LogP contribution in [0.15, 0.2) is 29.2 Å². The molecule has 146 valence electrons. The van der Waals surface area contributed by atoms with Crippen LogP contribution in [-0.4, -0.2) is 74.0 Å². The van der Waals surface area contributed by atoms with Gasteiger partial charge in [-0.15, -0.1) is 11.8 Å². The number of thioether (sulfide) groups is 1. The molecule has 3 rings (SSSR count). The first kappa shape index (κ1) is 19.7. The Kier molecular flexibility index (Phi) is 5.75. The molecule has 1 N–H and O–H groups in total. The van der Waals surface area contributed by atoms with Crippen LogP contribution in [-0.2, 0) is 24.2 Å². The summed E-state index contributed by atoms with van der Waals surface area (Å²) in [4.78, 5) is 40.8. The second-order valence-electron chi connectivity index (χ2n) is 6.50. The number of benzene rings is 1. The van der Waals surface area contributed by atoms with Crippen LogP contribution >= 0.6 is 11.8 Å². The van der Waals surface area contributed by atoms with Crippen LogP contribution in [0.5, 0.6) is 0 Å². The van der Waals surface area contributed by atoms with Crippen LogP contribution in [0.25, 0.3) is 0 Å². The smallest absolute Gasteiger partial charge is 0.244 e. The fraction of sp³-hybridized carbons (Fsp3) is 0.471. The zero-order valence-corrected chi connectivity index (χ0v) is 16.5. The Balaban J connectivity index is 1.59. The van der Waals surface area contributed by atoms with Gasteiger partial charge in [0.25, 0.3) is 0 Å². The van der Waals surface area contributed by atoms with Crippen molar-refractivity contribution in [2.24, 2.45) is 0 Å². The van der Waals surface area contributed by atoms with Crippen LogP contribution in [0.1, 0.15) is 6.92 Å². The number of nitrogens with zero attached hydrogens (tertiary/aromatic N) is 2. The molecule has 0 aliphatic carbocycles. The van der Waals surface area contributed by atoms with E-state index in [-0.39, 0.29) is 48.7 Å². The molecule has 1 atom stereocenters. The molecule has 1 unspecified atom stereocenters. The fourth-order valence-corrected chi connectivity index (χ4v) is 5.16. The predicted molar refractivity (Wildman–Crippen MR) is 102 cm³/mol. The zero-order valence-electron chi connectivity index (χ0n) is 14.9. The first-order valence-corrected chi connectivity index (χ1v) is 11.4. The molecule has 0 radical (unpaired) electrons. The van der Waals surface area contributed by atoms with Crippen molar-refractivity contribution in [1.82, 2.24) is 10.2 Å². The van der Waals surface area contributed by atoms with E-state index in [2.05, 4.69) is 5.32 Å². The molecule has 3 amide bonds. The summed E-state index contributed by atoms with van der Waals surface area (Å²) in [5.74, 6) is -0.767. The lowest BCUT2D eigenvalue weighted by molar-refractivity contribution is -0.135. The maximum Gasteiger partial charge on any atom is 0.244 e. The summed E-state index contributed by atoms with van der Waals surface area (Å²) >= 11 is 1.43. The highest BCUT2D eigenvalue weighted by Gasteiger charge is 2.30. The number of para-hydroxylation sites is 1. The lowest BCUT2D eigenvalue weighted by atomic mass is 10.2. The maximum absolute atomic E-state index is 12.4. The summed E-state index contributed by atoms with van der Waals surface area (Å²) in [7, 11) is -3.08. The van der Waals surface area contributed by atoms with Gasteiger partial charge in [0.15, 0.2) is 9.84 Å². The minimum absolute atomic E-state index is 0.0594. The standard InChI is InChI=1S/C17H21N3O5S2/c1-12(17(23)19-6-8-27(24,25)9-7-19)18-15(21)10-20-13-4-2-3-5-14(13)26-11-16(20)22/h2-5,12H,6-11H2,1H3,(H,18,21). The van der Waals surface area contributed by atoms with Crippen molar-refractivity contribution in [3.8, 4) is 0 Å². The summed E-state index contributed by atoms with van der Waals surface area (Å²) in [6.07, 6.45) is 0. The van der Waals surface area contributed by atoms with Gasteiger partial charge in [-0.3, -0.25) is 14.4 Å². The average Bonchev–Trinajstić information content (AvgIpc) is 2.63. The molecule has 1 saturated heterocycles. The first-order chi connectivity index (χ1) is 12.8. The average molecular weight is 412 g/mol. The van der Waals surface area contributed by atoms with E-state index in [1.807, 2.05) is 12.1 Å². The van der Waals surface area contributed by atoms with Crippen molar-refractivity contribution in [3.05, 3.63) is 24.3 Å². The van der Waals surface area contributed by atoms with Crippen molar-refractivity contribution >= 4 is 45.0 Å². The second-order valence-corrected chi connectivity index (χ2v) is 9.82. The zero-order chi connectivity index (χ0) is 19.6. The number of hydrogen-bond donors (Lipinski definition) is 1. The topological polar surface area (TPSA) is 104 Å². The highest BCUT2D eigenvalue weighted by molar-refractivity contribution is 8.00. The van der Waals surface area contributed by atoms with E-state index in [1.165, 1.54) is 21.6 Å². The number of rotatable bonds is 4. The van der Waals surface area contributed by atoms with Crippen LogP contribution in [0.2, 0.25) is 0 Å². The van der Waals surface area contributed by atoms with Crippen LogP contribution in [0.4, 0.5) is 5.69 Å². The number of anilines is 1. The van der Waals surface area contributed by atoms with E-state index in [4.69, 9.17) is 0 Å². The number of hydrogen-bond acceptors (Lipinski definition) is 6. The third-order valence-electron chi connectivity index (χ3n) is 4.51.